The summed E-state index contributed by atoms with van der Waals surface area (Å²) in [6.45, 7) is 3.35. The molecule has 3 heteroatoms. The van der Waals surface area contributed by atoms with Gasteiger partial charge < -0.3 is 10.1 Å². The summed E-state index contributed by atoms with van der Waals surface area (Å²) in [7, 11) is 0. The lowest BCUT2D eigenvalue weighted by atomic mass is 10.0. The van der Waals surface area contributed by atoms with Crippen LogP contribution in [-0.4, -0.2) is 12.2 Å². The van der Waals surface area contributed by atoms with Crippen LogP contribution in [0.5, 0.6) is 5.75 Å². The number of nitrogens with one attached hydrogen (secondary N) is 1. The van der Waals surface area contributed by atoms with Crippen LogP contribution < -0.4 is 4.74 Å². The first-order valence-corrected chi connectivity index (χ1v) is 5.78. The molecular formula is C16H13NO2. The molecular weight excluding hydrogens is 238 g/mol. The lowest BCUT2D eigenvalue weighted by Crippen LogP contribution is -2.02. The van der Waals surface area contributed by atoms with E-state index in [2.05, 4.69) is 6.58 Å². The Morgan fingerprint density at radius 2 is 1.53 bits per heavy atom. The van der Waals surface area contributed by atoms with Crippen molar-refractivity contribution >= 4 is 12.2 Å². The Balaban J connectivity index is 2.19. The van der Waals surface area contributed by atoms with E-state index in [4.69, 9.17) is 10.1 Å². The van der Waals surface area contributed by atoms with Crippen LogP contribution in [0.25, 0.3) is 11.1 Å². The van der Waals surface area contributed by atoms with E-state index in [0.29, 0.717) is 5.75 Å². The van der Waals surface area contributed by atoms with Crippen molar-refractivity contribution in [1.82, 2.24) is 0 Å². The molecule has 94 valence electrons. The molecule has 1 N–H and O–H groups in total. The van der Waals surface area contributed by atoms with Crippen molar-refractivity contribution < 1.29 is 9.53 Å². The molecule has 0 fully saturated rings. The topological polar surface area (TPSA) is 50.2 Å². The summed E-state index contributed by atoms with van der Waals surface area (Å²) in [6.07, 6.45) is 2.44. The second-order valence-corrected chi connectivity index (χ2v) is 3.92. The van der Waals surface area contributed by atoms with E-state index in [9.17, 15) is 4.79 Å². The van der Waals surface area contributed by atoms with E-state index in [-0.39, 0.29) is 0 Å². The third-order valence-electron chi connectivity index (χ3n) is 2.65. The molecule has 0 radical (unpaired) electrons. The highest BCUT2D eigenvalue weighted by Crippen LogP contribution is 2.22. The Morgan fingerprint density at radius 3 is 2.00 bits per heavy atom. The molecule has 0 aromatic heterocycles. The van der Waals surface area contributed by atoms with Gasteiger partial charge in [0.15, 0.2) is 0 Å². The summed E-state index contributed by atoms with van der Waals surface area (Å²) in [5.41, 5.74) is 2.93. The van der Waals surface area contributed by atoms with E-state index in [0.717, 1.165) is 22.8 Å². The smallest absolute Gasteiger partial charge is 0.335 e. The van der Waals surface area contributed by atoms with Crippen LogP contribution >= 0.6 is 0 Å². The number of esters is 1. The summed E-state index contributed by atoms with van der Waals surface area (Å²) in [4.78, 5) is 11.0. The second-order valence-electron chi connectivity index (χ2n) is 3.92. The zero-order valence-corrected chi connectivity index (χ0v) is 10.3. The fourth-order valence-electron chi connectivity index (χ4n) is 1.65. The molecule has 0 aliphatic carbocycles. The molecule has 2 aromatic rings. The van der Waals surface area contributed by atoms with Gasteiger partial charge in [0.1, 0.15) is 5.75 Å². The van der Waals surface area contributed by atoms with Gasteiger partial charge in [0, 0.05) is 12.3 Å². The summed E-state index contributed by atoms with van der Waals surface area (Å²) in [5.74, 6) is 0.0212. The van der Waals surface area contributed by atoms with Crippen LogP contribution in [-0.2, 0) is 4.79 Å². The molecule has 0 atom stereocenters. The van der Waals surface area contributed by atoms with Gasteiger partial charge in [-0.2, -0.15) is 0 Å². The second kappa shape index (κ2) is 5.78. The van der Waals surface area contributed by atoms with E-state index in [1.54, 1.807) is 12.1 Å². The first-order valence-electron chi connectivity index (χ1n) is 5.78. The number of hydrogen-bond donors (Lipinski definition) is 1. The molecule has 0 amide bonds. The number of carbonyl (C=O) groups excluding carboxylic acids is 1. The van der Waals surface area contributed by atoms with Crippen molar-refractivity contribution in [3.05, 3.63) is 66.7 Å². The van der Waals surface area contributed by atoms with Gasteiger partial charge in [-0.1, -0.05) is 43.0 Å². The first-order chi connectivity index (χ1) is 9.22. The number of rotatable bonds is 4. The molecule has 0 aliphatic heterocycles. The van der Waals surface area contributed by atoms with Gasteiger partial charge in [-0.25, -0.2) is 4.79 Å². The number of hydrogen-bond acceptors (Lipinski definition) is 3. The summed E-state index contributed by atoms with van der Waals surface area (Å²) in [5, 5.41) is 7.15. The van der Waals surface area contributed by atoms with Crippen LogP contribution in [0.4, 0.5) is 0 Å². The van der Waals surface area contributed by atoms with Crippen LogP contribution in [0.3, 0.4) is 0 Å². The van der Waals surface area contributed by atoms with Crippen molar-refractivity contribution in [3.8, 4) is 16.9 Å². The maximum absolute atomic E-state index is 11.0. The Labute approximate surface area is 111 Å². The fraction of sp³-hybridized carbons (Fsp3) is 0. The lowest BCUT2D eigenvalue weighted by molar-refractivity contribution is -0.128. The minimum Gasteiger partial charge on any atom is -0.423 e. The molecule has 0 bridgehead atoms. The highest BCUT2D eigenvalue weighted by molar-refractivity contribution is 5.83. The average molecular weight is 251 g/mol. The van der Waals surface area contributed by atoms with Crippen LogP contribution in [0.2, 0.25) is 0 Å². The van der Waals surface area contributed by atoms with Crippen molar-refractivity contribution in [2.45, 2.75) is 0 Å². The monoisotopic (exact) mass is 251 g/mol. The van der Waals surface area contributed by atoms with E-state index >= 15 is 0 Å². The minimum absolute atomic E-state index is 0.469. The molecule has 0 unspecified atom stereocenters. The van der Waals surface area contributed by atoms with Crippen LogP contribution in [0.1, 0.15) is 5.56 Å². The summed E-state index contributed by atoms with van der Waals surface area (Å²) >= 11 is 0. The molecule has 0 spiro atoms. The van der Waals surface area contributed by atoms with Gasteiger partial charge in [0.2, 0.25) is 0 Å². The largest absolute Gasteiger partial charge is 0.423 e. The maximum atomic E-state index is 11.0. The van der Waals surface area contributed by atoms with E-state index in [1.807, 2.05) is 36.4 Å². The highest BCUT2D eigenvalue weighted by Gasteiger charge is 2.01. The molecule has 3 nitrogen and oxygen atoms in total. The molecule has 0 aliphatic rings. The van der Waals surface area contributed by atoms with Crippen molar-refractivity contribution in [3.63, 3.8) is 0 Å². The summed E-state index contributed by atoms with van der Waals surface area (Å²) < 4.78 is 5.00. The summed E-state index contributed by atoms with van der Waals surface area (Å²) in [6, 6.07) is 14.9. The van der Waals surface area contributed by atoms with Crippen molar-refractivity contribution in [2.75, 3.05) is 0 Å². The van der Waals surface area contributed by atoms with Gasteiger partial charge >= 0.3 is 5.97 Å². The quantitative estimate of drug-likeness (QED) is 0.391. The van der Waals surface area contributed by atoms with Crippen LogP contribution in [0.15, 0.2) is 61.2 Å². The molecule has 0 heterocycles. The lowest BCUT2D eigenvalue weighted by Gasteiger charge is -2.04. The Hall–Kier alpha value is -2.68. The maximum Gasteiger partial charge on any atom is 0.335 e. The molecule has 2 rings (SSSR count). The SMILES string of the molecule is C=CC(=O)Oc1ccc(-c2ccc(C=N)cc2)cc1. The minimum atomic E-state index is -0.469. The van der Waals surface area contributed by atoms with E-state index < -0.39 is 5.97 Å². The van der Waals surface area contributed by atoms with Gasteiger partial charge in [-0.05, 0) is 28.8 Å². The molecule has 19 heavy (non-hydrogen) atoms. The van der Waals surface area contributed by atoms with Crippen LogP contribution in [0, 0.1) is 5.41 Å². The third-order valence-corrected chi connectivity index (χ3v) is 2.65. The zero-order valence-electron chi connectivity index (χ0n) is 10.3. The average Bonchev–Trinajstić information content (AvgIpc) is 2.48. The first kappa shape index (κ1) is 12.8. The van der Waals surface area contributed by atoms with Crippen molar-refractivity contribution in [2.24, 2.45) is 0 Å². The number of benzene rings is 2. The predicted octanol–water partition coefficient (Wildman–Crippen LogP) is 3.44. The Kier molecular flexibility index (Phi) is 3.88. The zero-order chi connectivity index (χ0) is 13.7. The Morgan fingerprint density at radius 1 is 1.00 bits per heavy atom. The Bertz CT molecular complexity index is 598. The number of carbonyl (C=O) groups is 1. The van der Waals surface area contributed by atoms with Gasteiger partial charge in [0.05, 0.1) is 0 Å². The van der Waals surface area contributed by atoms with Gasteiger partial charge in [0.25, 0.3) is 0 Å². The highest BCUT2D eigenvalue weighted by atomic mass is 16.5. The third kappa shape index (κ3) is 3.16. The van der Waals surface area contributed by atoms with E-state index in [1.165, 1.54) is 6.21 Å². The normalized spacial score (nSPS) is 9.68. The molecule has 0 saturated heterocycles. The standard InChI is InChI=1S/C16H13NO2/c1-2-16(18)19-15-9-7-14(8-10-15)13-5-3-12(11-17)4-6-13/h2-11,17H,1H2. The molecule has 2 aromatic carbocycles. The van der Waals surface area contributed by atoms with Gasteiger partial charge in [-0.3, -0.25) is 0 Å². The number of ether oxygens (including phenoxy) is 1. The molecule has 0 saturated carbocycles. The fourth-order valence-corrected chi connectivity index (χ4v) is 1.65. The predicted molar refractivity (Wildman–Crippen MR) is 75.6 cm³/mol. The van der Waals surface area contributed by atoms with Gasteiger partial charge in [-0.15, -0.1) is 0 Å². The van der Waals surface area contributed by atoms with Crippen molar-refractivity contribution in [1.29, 1.82) is 5.41 Å².